The number of likely N-dealkylation sites (tertiary alicyclic amines) is 1. The Kier molecular flexibility index (Phi) is 5.24. The molecular weight excluding hydrogens is 312 g/mol. The van der Waals surface area contributed by atoms with Crippen molar-refractivity contribution in [1.82, 2.24) is 10.2 Å². The topological polar surface area (TPSA) is 52.6 Å². The monoisotopic (exact) mass is 336 g/mol. The maximum absolute atomic E-state index is 12.4. The van der Waals surface area contributed by atoms with Gasteiger partial charge in [-0.2, -0.15) is 0 Å². The summed E-state index contributed by atoms with van der Waals surface area (Å²) in [5.74, 6) is 0.0346. The smallest absolute Gasteiger partial charge is 0.224 e. The Morgan fingerprint density at radius 2 is 2.22 bits per heavy atom. The van der Waals surface area contributed by atoms with Gasteiger partial charge in [0.05, 0.1) is 12.5 Å². The van der Waals surface area contributed by atoms with Gasteiger partial charge in [-0.25, -0.2) is 0 Å². The average Bonchev–Trinajstić information content (AvgIpc) is 3.10. The molecule has 0 spiro atoms. The third-order valence-corrected chi connectivity index (χ3v) is 5.40. The molecule has 126 valence electrons. The number of hydrogen-bond acceptors (Lipinski definition) is 3. The third-order valence-electron chi connectivity index (χ3n) is 5.05. The molecule has 0 aromatic heterocycles. The van der Waals surface area contributed by atoms with Crippen LogP contribution >= 0.6 is 11.6 Å². The molecular formula is C18H25ClN2O2. The molecule has 3 atom stereocenters. The Hall–Kier alpha value is -1.10. The van der Waals surface area contributed by atoms with Gasteiger partial charge in [0.25, 0.3) is 0 Å². The molecule has 1 unspecified atom stereocenters. The summed E-state index contributed by atoms with van der Waals surface area (Å²) in [4.78, 5) is 14.7. The number of rotatable bonds is 4. The van der Waals surface area contributed by atoms with E-state index in [1.165, 1.54) is 0 Å². The number of amides is 1. The van der Waals surface area contributed by atoms with Crippen LogP contribution in [0.1, 0.15) is 36.8 Å². The van der Waals surface area contributed by atoms with E-state index in [2.05, 4.69) is 10.2 Å². The second kappa shape index (κ2) is 7.20. The number of aliphatic hydroxyl groups is 1. The van der Waals surface area contributed by atoms with E-state index in [4.69, 9.17) is 11.6 Å². The van der Waals surface area contributed by atoms with Crippen LogP contribution in [0.25, 0.3) is 0 Å². The van der Waals surface area contributed by atoms with Crippen molar-refractivity contribution in [2.45, 2.75) is 57.2 Å². The molecule has 1 aromatic carbocycles. The second-order valence-corrected chi connectivity index (χ2v) is 7.29. The van der Waals surface area contributed by atoms with Crippen LogP contribution in [0.2, 0.25) is 5.02 Å². The maximum atomic E-state index is 12.4. The van der Waals surface area contributed by atoms with Gasteiger partial charge in [0.1, 0.15) is 0 Å². The first-order valence-corrected chi connectivity index (χ1v) is 8.87. The van der Waals surface area contributed by atoms with Crippen LogP contribution in [0.15, 0.2) is 18.2 Å². The molecule has 4 nitrogen and oxygen atoms in total. The van der Waals surface area contributed by atoms with Crippen molar-refractivity contribution in [3.63, 3.8) is 0 Å². The van der Waals surface area contributed by atoms with Gasteiger partial charge in [0.2, 0.25) is 5.91 Å². The molecule has 1 aliphatic heterocycles. The highest BCUT2D eigenvalue weighted by Gasteiger charge is 2.36. The van der Waals surface area contributed by atoms with Crippen LogP contribution in [0.4, 0.5) is 0 Å². The average molecular weight is 337 g/mol. The summed E-state index contributed by atoms with van der Waals surface area (Å²) < 4.78 is 0. The molecule has 3 rings (SSSR count). The van der Waals surface area contributed by atoms with Crippen molar-refractivity contribution >= 4 is 17.5 Å². The molecule has 1 aromatic rings. The maximum Gasteiger partial charge on any atom is 0.224 e. The van der Waals surface area contributed by atoms with Gasteiger partial charge >= 0.3 is 0 Å². The molecule has 5 heteroatoms. The number of nitrogens with zero attached hydrogens (tertiary/aromatic N) is 1. The van der Waals surface area contributed by atoms with E-state index in [9.17, 15) is 9.90 Å². The van der Waals surface area contributed by atoms with E-state index in [-0.39, 0.29) is 18.1 Å². The number of benzene rings is 1. The van der Waals surface area contributed by atoms with E-state index in [1.807, 2.05) is 25.1 Å². The lowest BCUT2D eigenvalue weighted by Gasteiger charge is -2.29. The summed E-state index contributed by atoms with van der Waals surface area (Å²) in [6.07, 6.45) is 4.21. The Bertz CT molecular complexity index is 578. The first kappa shape index (κ1) is 16.7. The minimum atomic E-state index is -0.210. The molecule has 1 amide bonds. The van der Waals surface area contributed by atoms with Gasteiger partial charge in [-0.15, -0.1) is 0 Å². The lowest BCUT2D eigenvalue weighted by molar-refractivity contribution is -0.121. The fourth-order valence-electron chi connectivity index (χ4n) is 3.84. The number of carbonyl (C=O) groups is 1. The summed E-state index contributed by atoms with van der Waals surface area (Å²) in [6.45, 7) is 3.66. The van der Waals surface area contributed by atoms with Gasteiger partial charge in [0, 0.05) is 30.2 Å². The highest BCUT2D eigenvalue weighted by atomic mass is 35.5. The predicted octanol–water partition coefficient (Wildman–Crippen LogP) is 2.29. The van der Waals surface area contributed by atoms with E-state index < -0.39 is 0 Å². The first-order chi connectivity index (χ1) is 11.0. The molecule has 1 saturated carbocycles. The molecule has 2 fully saturated rings. The standard InChI is InChI=1S/C18H25ClN2O2/c1-12-5-6-13(15(19)9-12)10-18(23)20-16-3-2-4-17(16)21-8-7-14(22)11-21/h5-6,9,14,16-17,22H,2-4,7-8,10-11H2,1H3,(H,20,23)/t14?,16-,17+/m1/s1. The molecule has 1 aliphatic carbocycles. The van der Waals surface area contributed by atoms with E-state index >= 15 is 0 Å². The van der Waals surface area contributed by atoms with Crippen LogP contribution in [0.3, 0.4) is 0 Å². The van der Waals surface area contributed by atoms with Crippen LogP contribution in [-0.2, 0) is 11.2 Å². The van der Waals surface area contributed by atoms with Crippen LogP contribution in [0, 0.1) is 6.92 Å². The van der Waals surface area contributed by atoms with Gasteiger partial charge in [-0.05, 0) is 49.8 Å². The number of β-amino-alcohol motifs (C(OH)–C–C–N with tert-alkyl or cyclic N) is 1. The van der Waals surface area contributed by atoms with Crippen molar-refractivity contribution in [3.05, 3.63) is 34.3 Å². The molecule has 0 bridgehead atoms. The van der Waals surface area contributed by atoms with Gasteiger partial charge in [-0.3, -0.25) is 9.69 Å². The molecule has 2 aliphatic rings. The number of hydrogen-bond donors (Lipinski definition) is 2. The van der Waals surface area contributed by atoms with Gasteiger partial charge in [-0.1, -0.05) is 23.7 Å². The lowest BCUT2D eigenvalue weighted by Crippen LogP contribution is -2.48. The van der Waals surface area contributed by atoms with E-state index in [0.717, 1.165) is 49.9 Å². The lowest BCUT2D eigenvalue weighted by atomic mass is 10.1. The van der Waals surface area contributed by atoms with E-state index in [0.29, 0.717) is 17.5 Å². The summed E-state index contributed by atoms with van der Waals surface area (Å²) in [6, 6.07) is 6.37. The van der Waals surface area contributed by atoms with Crippen LogP contribution < -0.4 is 5.32 Å². The molecule has 2 N–H and O–H groups in total. The van der Waals surface area contributed by atoms with Crippen molar-refractivity contribution in [3.8, 4) is 0 Å². The zero-order chi connectivity index (χ0) is 16.4. The van der Waals surface area contributed by atoms with Crippen molar-refractivity contribution < 1.29 is 9.90 Å². The Morgan fingerprint density at radius 1 is 1.39 bits per heavy atom. The minimum Gasteiger partial charge on any atom is -0.392 e. The van der Waals surface area contributed by atoms with Crippen molar-refractivity contribution in [2.24, 2.45) is 0 Å². The zero-order valence-electron chi connectivity index (χ0n) is 13.6. The SMILES string of the molecule is Cc1ccc(CC(=O)N[C@@H]2CCC[C@@H]2N2CCC(O)C2)c(Cl)c1. The molecule has 1 heterocycles. The summed E-state index contributed by atoms with van der Waals surface area (Å²) in [7, 11) is 0. The van der Waals surface area contributed by atoms with Gasteiger partial charge < -0.3 is 10.4 Å². The Morgan fingerprint density at radius 3 is 2.91 bits per heavy atom. The third kappa shape index (κ3) is 4.06. The predicted molar refractivity (Wildman–Crippen MR) is 91.7 cm³/mol. The molecule has 23 heavy (non-hydrogen) atoms. The minimum absolute atomic E-state index is 0.0346. The number of aryl methyl sites for hydroxylation is 1. The van der Waals surface area contributed by atoms with Crippen LogP contribution in [-0.4, -0.2) is 47.2 Å². The normalized spacial score (nSPS) is 28.2. The van der Waals surface area contributed by atoms with Crippen LogP contribution in [0.5, 0.6) is 0 Å². The molecule has 1 saturated heterocycles. The summed E-state index contributed by atoms with van der Waals surface area (Å²) >= 11 is 6.22. The largest absolute Gasteiger partial charge is 0.392 e. The number of aliphatic hydroxyl groups excluding tert-OH is 1. The number of nitrogens with one attached hydrogen (secondary N) is 1. The van der Waals surface area contributed by atoms with Crippen molar-refractivity contribution in [1.29, 1.82) is 0 Å². The zero-order valence-corrected chi connectivity index (χ0v) is 14.4. The fraction of sp³-hybridized carbons (Fsp3) is 0.611. The number of carbonyl (C=O) groups excluding carboxylic acids is 1. The number of halogens is 1. The van der Waals surface area contributed by atoms with Crippen molar-refractivity contribution in [2.75, 3.05) is 13.1 Å². The summed E-state index contributed by atoms with van der Waals surface area (Å²) in [5.41, 5.74) is 1.98. The van der Waals surface area contributed by atoms with E-state index in [1.54, 1.807) is 0 Å². The highest BCUT2D eigenvalue weighted by molar-refractivity contribution is 6.31. The van der Waals surface area contributed by atoms with Gasteiger partial charge in [0.15, 0.2) is 0 Å². The Balaban J connectivity index is 1.58. The first-order valence-electron chi connectivity index (χ1n) is 8.49. The quantitative estimate of drug-likeness (QED) is 0.887. The Labute approximate surface area is 142 Å². The summed E-state index contributed by atoms with van der Waals surface area (Å²) in [5, 5.41) is 13.6. The fourth-order valence-corrected chi connectivity index (χ4v) is 4.14. The molecule has 0 radical (unpaired) electrons. The highest BCUT2D eigenvalue weighted by Crippen LogP contribution is 2.27. The second-order valence-electron chi connectivity index (χ2n) is 6.88.